The van der Waals surface area contributed by atoms with Gasteiger partial charge in [0.1, 0.15) is 0 Å². The highest BCUT2D eigenvalue weighted by Crippen LogP contribution is 2.42. The summed E-state index contributed by atoms with van der Waals surface area (Å²) < 4.78 is 0. The normalized spacial score (nSPS) is 21.0. The Morgan fingerprint density at radius 1 is 0.833 bits per heavy atom. The Balaban J connectivity index is 2.62. The van der Waals surface area contributed by atoms with Crippen molar-refractivity contribution in [3.05, 3.63) is 0 Å². The standard InChI is InChI=1S/C17H35N/c1-13(2)16(5,6)15-9-11-18(12-10-15)17(7,8)14(3)4/h13-15H,9-12H2,1-8H3. The van der Waals surface area contributed by atoms with E-state index in [4.69, 9.17) is 0 Å². The second kappa shape index (κ2) is 5.53. The van der Waals surface area contributed by atoms with Crippen LogP contribution in [0.25, 0.3) is 0 Å². The SMILES string of the molecule is CC(C)C(C)(C)C1CCN(C(C)(C)C(C)C)CC1. The largest absolute Gasteiger partial charge is 0.298 e. The summed E-state index contributed by atoms with van der Waals surface area (Å²) in [5, 5.41) is 0. The third-order valence-corrected chi connectivity index (χ3v) is 6.26. The van der Waals surface area contributed by atoms with Crippen LogP contribution in [-0.2, 0) is 0 Å². The summed E-state index contributed by atoms with van der Waals surface area (Å²) in [7, 11) is 0. The van der Waals surface area contributed by atoms with Crippen LogP contribution in [0.15, 0.2) is 0 Å². The second-order valence-electron chi connectivity index (χ2n) is 8.05. The van der Waals surface area contributed by atoms with Crippen LogP contribution in [-0.4, -0.2) is 23.5 Å². The zero-order valence-electron chi connectivity index (χ0n) is 14.0. The van der Waals surface area contributed by atoms with Crippen LogP contribution >= 0.6 is 0 Å². The first-order valence-electron chi connectivity index (χ1n) is 7.85. The highest BCUT2D eigenvalue weighted by Gasteiger charge is 2.38. The number of hydrogen-bond acceptors (Lipinski definition) is 1. The maximum absolute atomic E-state index is 2.71. The van der Waals surface area contributed by atoms with Crippen molar-refractivity contribution in [3.63, 3.8) is 0 Å². The first kappa shape index (κ1) is 16.0. The molecule has 0 bridgehead atoms. The molecule has 1 fully saturated rings. The number of rotatable bonds is 4. The van der Waals surface area contributed by atoms with Crippen molar-refractivity contribution in [1.29, 1.82) is 0 Å². The van der Waals surface area contributed by atoms with Crippen LogP contribution in [0, 0.1) is 23.2 Å². The zero-order chi connectivity index (χ0) is 14.1. The molecular formula is C17H35N. The van der Waals surface area contributed by atoms with Gasteiger partial charge in [-0.2, -0.15) is 0 Å². The molecule has 1 heteroatoms. The molecule has 0 aromatic rings. The smallest absolute Gasteiger partial charge is 0.0176 e. The van der Waals surface area contributed by atoms with E-state index < -0.39 is 0 Å². The molecule has 1 saturated heterocycles. The molecule has 108 valence electrons. The van der Waals surface area contributed by atoms with Gasteiger partial charge in [-0.1, -0.05) is 41.5 Å². The van der Waals surface area contributed by atoms with E-state index in [2.05, 4.69) is 60.3 Å². The van der Waals surface area contributed by atoms with Crippen molar-refractivity contribution < 1.29 is 0 Å². The summed E-state index contributed by atoms with van der Waals surface area (Å²) in [5.41, 5.74) is 0.848. The van der Waals surface area contributed by atoms with E-state index in [1.165, 1.54) is 25.9 Å². The minimum Gasteiger partial charge on any atom is -0.298 e. The van der Waals surface area contributed by atoms with Crippen molar-refractivity contribution in [2.45, 2.75) is 73.8 Å². The molecule has 1 nitrogen and oxygen atoms in total. The Morgan fingerprint density at radius 3 is 1.61 bits per heavy atom. The third-order valence-electron chi connectivity index (χ3n) is 6.26. The first-order chi connectivity index (χ1) is 8.10. The van der Waals surface area contributed by atoms with E-state index in [0.29, 0.717) is 11.0 Å². The summed E-state index contributed by atoms with van der Waals surface area (Å²) in [6, 6.07) is 0. The summed E-state index contributed by atoms with van der Waals surface area (Å²) in [4.78, 5) is 2.71. The van der Waals surface area contributed by atoms with Crippen molar-refractivity contribution in [3.8, 4) is 0 Å². The summed E-state index contributed by atoms with van der Waals surface area (Å²) in [6.45, 7) is 21.8. The first-order valence-corrected chi connectivity index (χ1v) is 7.85. The molecule has 0 radical (unpaired) electrons. The Kier molecular flexibility index (Phi) is 4.92. The maximum Gasteiger partial charge on any atom is 0.0176 e. The Hall–Kier alpha value is -0.0400. The molecule has 0 N–H and O–H groups in total. The van der Waals surface area contributed by atoms with Crippen LogP contribution in [0.3, 0.4) is 0 Å². The molecular weight excluding hydrogens is 218 g/mol. The monoisotopic (exact) mass is 253 g/mol. The molecule has 0 aromatic heterocycles. The number of hydrogen-bond donors (Lipinski definition) is 0. The van der Waals surface area contributed by atoms with Gasteiger partial charge in [0.25, 0.3) is 0 Å². The van der Waals surface area contributed by atoms with Crippen LogP contribution in [0.2, 0.25) is 0 Å². The third kappa shape index (κ3) is 3.10. The van der Waals surface area contributed by atoms with Gasteiger partial charge in [0.05, 0.1) is 0 Å². The Morgan fingerprint density at radius 2 is 1.28 bits per heavy atom. The van der Waals surface area contributed by atoms with Gasteiger partial charge in [-0.15, -0.1) is 0 Å². The van der Waals surface area contributed by atoms with Gasteiger partial charge in [0, 0.05) is 5.54 Å². The number of nitrogens with zero attached hydrogens (tertiary/aromatic N) is 1. The lowest BCUT2D eigenvalue weighted by molar-refractivity contribution is 0.00370. The van der Waals surface area contributed by atoms with E-state index in [-0.39, 0.29) is 0 Å². The van der Waals surface area contributed by atoms with Gasteiger partial charge in [0.2, 0.25) is 0 Å². The van der Waals surface area contributed by atoms with Gasteiger partial charge in [-0.05, 0) is 62.9 Å². The van der Waals surface area contributed by atoms with Crippen molar-refractivity contribution in [2.24, 2.45) is 23.2 Å². The van der Waals surface area contributed by atoms with Crippen molar-refractivity contribution in [1.82, 2.24) is 4.90 Å². The molecule has 1 aliphatic rings. The average molecular weight is 253 g/mol. The molecule has 1 aliphatic heterocycles. The average Bonchev–Trinajstić information content (AvgIpc) is 2.28. The lowest BCUT2D eigenvalue weighted by Gasteiger charge is -2.49. The fraction of sp³-hybridized carbons (Fsp3) is 1.00. The Labute approximate surface area is 115 Å². The van der Waals surface area contributed by atoms with Crippen LogP contribution in [0.4, 0.5) is 0 Å². The van der Waals surface area contributed by atoms with E-state index in [1.807, 2.05) is 0 Å². The predicted molar refractivity (Wildman–Crippen MR) is 81.8 cm³/mol. The molecule has 0 spiro atoms. The molecule has 1 rings (SSSR count). The fourth-order valence-corrected chi connectivity index (χ4v) is 3.04. The lowest BCUT2D eigenvalue weighted by atomic mass is 9.67. The van der Waals surface area contributed by atoms with E-state index in [9.17, 15) is 0 Å². The summed E-state index contributed by atoms with van der Waals surface area (Å²) in [6.07, 6.45) is 2.75. The molecule has 1 heterocycles. The quantitative estimate of drug-likeness (QED) is 0.694. The van der Waals surface area contributed by atoms with E-state index in [0.717, 1.165) is 17.8 Å². The number of piperidine rings is 1. The Bertz CT molecular complexity index is 227. The van der Waals surface area contributed by atoms with Crippen molar-refractivity contribution in [2.75, 3.05) is 13.1 Å². The summed E-state index contributed by atoms with van der Waals surface area (Å²) >= 11 is 0. The molecule has 0 atom stereocenters. The van der Waals surface area contributed by atoms with Crippen LogP contribution < -0.4 is 0 Å². The molecule has 0 unspecified atom stereocenters. The van der Waals surface area contributed by atoms with Gasteiger partial charge in [-0.25, -0.2) is 0 Å². The highest BCUT2D eigenvalue weighted by atomic mass is 15.2. The van der Waals surface area contributed by atoms with Crippen LogP contribution in [0.1, 0.15) is 68.2 Å². The molecule has 0 saturated carbocycles. The van der Waals surface area contributed by atoms with E-state index >= 15 is 0 Å². The lowest BCUT2D eigenvalue weighted by Crippen LogP contribution is -2.52. The molecule has 0 amide bonds. The van der Waals surface area contributed by atoms with Gasteiger partial charge in [0.15, 0.2) is 0 Å². The van der Waals surface area contributed by atoms with Crippen molar-refractivity contribution >= 4 is 0 Å². The topological polar surface area (TPSA) is 3.24 Å². The van der Waals surface area contributed by atoms with Crippen LogP contribution in [0.5, 0.6) is 0 Å². The predicted octanol–water partition coefficient (Wildman–Crippen LogP) is 4.82. The molecule has 18 heavy (non-hydrogen) atoms. The van der Waals surface area contributed by atoms with Gasteiger partial charge in [-0.3, -0.25) is 4.90 Å². The minimum atomic E-state index is 0.354. The fourth-order valence-electron chi connectivity index (χ4n) is 3.04. The molecule has 0 aromatic carbocycles. The van der Waals surface area contributed by atoms with Gasteiger partial charge >= 0.3 is 0 Å². The zero-order valence-corrected chi connectivity index (χ0v) is 14.0. The van der Waals surface area contributed by atoms with Gasteiger partial charge < -0.3 is 0 Å². The second-order valence-corrected chi connectivity index (χ2v) is 8.05. The van der Waals surface area contributed by atoms with E-state index in [1.54, 1.807) is 0 Å². The number of likely N-dealkylation sites (tertiary alicyclic amines) is 1. The highest BCUT2D eigenvalue weighted by molar-refractivity contribution is 4.91. The molecule has 0 aliphatic carbocycles. The maximum atomic E-state index is 2.71. The minimum absolute atomic E-state index is 0.354. The summed E-state index contributed by atoms with van der Waals surface area (Å²) in [5.74, 6) is 2.41.